The van der Waals surface area contributed by atoms with Gasteiger partial charge in [0, 0.05) is 0 Å². The maximum atomic E-state index is 10.5. The van der Waals surface area contributed by atoms with Crippen molar-refractivity contribution >= 4 is 0 Å². The van der Waals surface area contributed by atoms with Gasteiger partial charge in [0.15, 0.2) is 0 Å². The van der Waals surface area contributed by atoms with Gasteiger partial charge in [-0.05, 0) is 63.2 Å². The second-order valence-corrected chi connectivity index (χ2v) is 5.63. The zero-order valence-electron chi connectivity index (χ0n) is 10.7. The third-order valence-electron chi connectivity index (χ3n) is 4.64. The molecule has 2 aliphatic carbocycles. The molecule has 0 aliphatic heterocycles. The smallest absolute Gasteiger partial charge is 0.379 e. The second-order valence-electron chi connectivity index (χ2n) is 5.63. The highest BCUT2D eigenvalue weighted by molar-refractivity contribution is 4.91. The van der Waals surface area contributed by atoms with Gasteiger partial charge in [-0.1, -0.05) is 5.18 Å². The molecular weight excluding hydrogens is 230 g/mol. The third kappa shape index (κ3) is 3.34. The van der Waals surface area contributed by atoms with Crippen molar-refractivity contribution in [3.05, 3.63) is 15.1 Å². The summed E-state index contributed by atoms with van der Waals surface area (Å²) in [5.74, 6) is 1.57. The monoisotopic (exact) mass is 251 g/mol. The van der Waals surface area contributed by atoms with Gasteiger partial charge in [-0.25, -0.2) is 5.32 Å². The lowest BCUT2D eigenvalue weighted by atomic mass is 9.71. The highest BCUT2D eigenvalue weighted by Gasteiger charge is 2.32. The molecule has 2 aliphatic rings. The predicted molar refractivity (Wildman–Crippen MR) is 71.0 cm³/mol. The molecule has 0 aromatic heterocycles. The Hall–Kier alpha value is -1.31. The maximum absolute atomic E-state index is 10.5. The van der Waals surface area contributed by atoms with Crippen LogP contribution in [0.1, 0.15) is 51.4 Å². The molecule has 0 unspecified atom stereocenters. The molecular formula is C13H21N3O2. The van der Waals surface area contributed by atoms with Crippen LogP contribution in [0.15, 0.2) is 5.18 Å². The number of rotatable bonds is 3. The molecule has 2 rings (SSSR count). The van der Waals surface area contributed by atoms with E-state index >= 15 is 0 Å². The van der Waals surface area contributed by atoms with Gasteiger partial charge in [-0.15, -0.1) is 0 Å². The lowest BCUT2D eigenvalue weighted by Gasteiger charge is -2.35. The number of nitrogens with one attached hydrogen (secondary N) is 1. The van der Waals surface area contributed by atoms with E-state index in [4.69, 9.17) is 0 Å². The molecule has 0 aromatic carbocycles. The predicted octanol–water partition coefficient (Wildman–Crippen LogP) is 3.25. The van der Waals surface area contributed by atoms with E-state index < -0.39 is 0 Å². The quantitative estimate of drug-likeness (QED) is 0.362. The Labute approximate surface area is 108 Å². The molecule has 5 nitrogen and oxygen atoms in total. The Kier molecular flexibility index (Phi) is 4.80. The molecule has 0 radical (unpaired) electrons. The van der Waals surface area contributed by atoms with Gasteiger partial charge in [-0.3, -0.25) is 0 Å². The van der Waals surface area contributed by atoms with Crippen LogP contribution in [0.25, 0.3) is 5.01 Å². The molecule has 0 bridgehead atoms. The van der Waals surface area contributed by atoms with E-state index in [9.17, 15) is 10.1 Å². The van der Waals surface area contributed by atoms with Crippen molar-refractivity contribution in [3.63, 3.8) is 0 Å². The largest absolute Gasteiger partial charge is 0.611 e. The zero-order chi connectivity index (χ0) is 12.8. The van der Waals surface area contributed by atoms with Crippen molar-refractivity contribution in [2.24, 2.45) is 17.0 Å². The van der Waals surface area contributed by atoms with Crippen LogP contribution < -0.4 is 5.32 Å². The minimum atomic E-state index is 0.0714. The van der Waals surface area contributed by atoms with Gasteiger partial charge < -0.3 is 5.21 Å². The standard InChI is InChI=1S/C13H21N3O2/c17-15-9-14-12-5-1-10(2-6-12)11-3-7-13(16-18)8-4-11/h10-14H,1-8H2. The van der Waals surface area contributed by atoms with Gasteiger partial charge in [0.25, 0.3) is 0 Å². The summed E-state index contributed by atoms with van der Waals surface area (Å²) in [5, 5.41) is 18.7. The minimum Gasteiger partial charge on any atom is -0.611 e. The summed E-state index contributed by atoms with van der Waals surface area (Å²) in [6, 6.07) is 0.439. The molecule has 0 amide bonds. The highest BCUT2D eigenvalue weighted by atomic mass is 16.4. The average Bonchev–Trinajstić information content (AvgIpc) is 2.46. The number of hydrogen-bond donors (Lipinski definition) is 1. The van der Waals surface area contributed by atoms with Gasteiger partial charge in [0.2, 0.25) is 0 Å². The van der Waals surface area contributed by atoms with Crippen molar-refractivity contribution in [2.45, 2.75) is 63.5 Å². The molecule has 2 saturated carbocycles. The maximum Gasteiger partial charge on any atom is 0.379 e. The molecule has 0 atom stereocenters. The molecule has 2 fully saturated rings. The third-order valence-corrected chi connectivity index (χ3v) is 4.64. The first kappa shape index (κ1) is 13.1. The van der Waals surface area contributed by atoms with Crippen molar-refractivity contribution < 1.29 is 0 Å². The Balaban J connectivity index is 1.72. The van der Waals surface area contributed by atoms with Crippen LogP contribution in [0, 0.1) is 28.1 Å². The van der Waals surface area contributed by atoms with Crippen LogP contribution in [-0.4, -0.2) is 12.1 Å². The lowest BCUT2D eigenvalue weighted by Crippen LogP contribution is -2.33. The molecule has 18 heavy (non-hydrogen) atoms. The van der Waals surface area contributed by atoms with Crippen LogP contribution in [0.5, 0.6) is 0 Å². The molecule has 5 heteroatoms. The second kappa shape index (κ2) is 6.58. The molecule has 100 valence electrons. The number of nitrogens with zero attached hydrogens (tertiary/aromatic N) is 2. The summed E-state index contributed by atoms with van der Waals surface area (Å²) >= 11 is 0. The van der Waals surface area contributed by atoms with E-state index in [2.05, 4.69) is 21.7 Å². The Morgan fingerprint density at radius 3 is 2.06 bits per heavy atom. The number of nitroso groups, excluding NO2 is 1. The molecule has 0 spiro atoms. The summed E-state index contributed by atoms with van der Waals surface area (Å²) in [4.78, 5) is 10.5. The molecule has 0 saturated heterocycles. The van der Waals surface area contributed by atoms with Crippen LogP contribution in [0.4, 0.5) is 0 Å². The van der Waals surface area contributed by atoms with Gasteiger partial charge >= 0.3 is 6.19 Å². The Morgan fingerprint density at radius 2 is 1.56 bits per heavy atom. The van der Waals surface area contributed by atoms with E-state index in [1.54, 1.807) is 0 Å². The SMILES string of the molecule is O=NC1CCC(C2CCC(NC#[N+][O-])CC2)CC1. The average molecular weight is 251 g/mol. The van der Waals surface area contributed by atoms with Crippen LogP contribution in [0.2, 0.25) is 0 Å². The summed E-state index contributed by atoms with van der Waals surface area (Å²) in [6.45, 7) is 0. The normalized spacial score (nSPS) is 36.2. The highest BCUT2D eigenvalue weighted by Crippen LogP contribution is 2.38. The summed E-state index contributed by atoms with van der Waals surface area (Å²) < 4.78 is 0. The Bertz CT molecular complexity index is 321. The van der Waals surface area contributed by atoms with Crippen molar-refractivity contribution in [2.75, 3.05) is 0 Å². The summed E-state index contributed by atoms with van der Waals surface area (Å²) in [5.41, 5.74) is 0. The van der Waals surface area contributed by atoms with Gasteiger partial charge in [0.05, 0.1) is 6.04 Å². The van der Waals surface area contributed by atoms with E-state index in [0.717, 1.165) is 50.4 Å². The zero-order valence-corrected chi connectivity index (χ0v) is 10.7. The molecule has 0 aromatic rings. The van der Waals surface area contributed by atoms with Crippen molar-refractivity contribution in [1.29, 1.82) is 0 Å². The van der Waals surface area contributed by atoms with E-state index in [1.165, 1.54) is 12.8 Å². The van der Waals surface area contributed by atoms with Gasteiger partial charge in [-0.2, -0.15) is 9.92 Å². The molecule has 0 heterocycles. The first-order valence-electron chi connectivity index (χ1n) is 6.98. The van der Waals surface area contributed by atoms with Gasteiger partial charge in [0.1, 0.15) is 6.04 Å². The first-order valence-corrected chi connectivity index (χ1v) is 6.98. The minimum absolute atomic E-state index is 0.0714. The topological polar surface area (TPSA) is 68.9 Å². The lowest BCUT2D eigenvalue weighted by molar-refractivity contribution is 0.174. The van der Waals surface area contributed by atoms with Crippen LogP contribution in [0.3, 0.4) is 0 Å². The summed E-state index contributed by atoms with van der Waals surface area (Å²) in [6.07, 6.45) is 11.2. The van der Waals surface area contributed by atoms with E-state index in [-0.39, 0.29) is 6.04 Å². The first-order chi connectivity index (χ1) is 8.83. The van der Waals surface area contributed by atoms with E-state index in [0.29, 0.717) is 6.04 Å². The molecule has 1 N–H and O–H groups in total. The fourth-order valence-electron chi connectivity index (χ4n) is 3.53. The number of hydrogen-bond acceptors (Lipinski definition) is 4. The van der Waals surface area contributed by atoms with Crippen LogP contribution >= 0.6 is 0 Å². The Morgan fingerprint density at radius 1 is 1.00 bits per heavy atom. The van der Waals surface area contributed by atoms with Crippen LogP contribution in [-0.2, 0) is 0 Å². The van der Waals surface area contributed by atoms with Crippen molar-refractivity contribution in [1.82, 2.24) is 5.32 Å². The fourth-order valence-corrected chi connectivity index (χ4v) is 3.53. The van der Waals surface area contributed by atoms with Crippen molar-refractivity contribution in [3.8, 4) is 6.19 Å². The fraction of sp³-hybridized carbons (Fsp3) is 0.923. The summed E-state index contributed by atoms with van der Waals surface area (Å²) in [7, 11) is 0. The van der Waals surface area contributed by atoms with E-state index in [1.807, 2.05) is 0 Å².